The topological polar surface area (TPSA) is 74.0 Å². The molecule has 2 heterocycles. The first-order chi connectivity index (χ1) is 14.0. The van der Waals surface area contributed by atoms with Gasteiger partial charge in [-0.3, -0.25) is 9.79 Å². The summed E-state index contributed by atoms with van der Waals surface area (Å²) in [7, 11) is 1.75. The number of aromatic nitrogens is 1. The van der Waals surface area contributed by atoms with Gasteiger partial charge in [-0.2, -0.15) is 0 Å². The van der Waals surface area contributed by atoms with Crippen molar-refractivity contribution < 1.29 is 9.32 Å². The van der Waals surface area contributed by atoms with Gasteiger partial charge < -0.3 is 19.6 Å². The Morgan fingerprint density at radius 2 is 2.00 bits per heavy atom. The number of carbonyl (C=O) groups is 1. The maximum absolute atomic E-state index is 12.6. The molecule has 3 rings (SSSR count). The molecule has 7 nitrogen and oxygen atoms in total. The predicted octanol–water partition coefficient (Wildman–Crippen LogP) is 3.42. The number of nitrogens with zero attached hydrogens (tertiary/aromatic N) is 4. The molecule has 1 saturated heterocycles. The van der Waals surface area contributed by atoms with E-state index in [2.05, 4.69) is 15.5 Å². The van der Waals surface area contributed by atoms with Gasteiger partial charge in [-0.15, -0.1) is 24.0 Å². The number of carbonyl (C=O) groups excluding carboxylic acids is 1. The molecule has 30 heavy (non-hydrogen) atoms. The largest absolute Gasteiger partial charge is 0.361 e. The SMILES string of the molecule is CN=C(NCCCc1c(C)noc1C)N1CCN(Cc2ccc(Cl)cc2)C(=O)C1.I. The summed E-state index contributed by atoms with van der Waals surface area (Å²) in [6.45, 7) is 7.04. The Labute approximate surface area is 199 Å². The number of rotatable bonds is 6. The molecule has 0 atom stereocenters. The summed E-state index contributed by atoms with van der Waals surface area (Å²) in [5.74, 6) is 1.75. The standard InChI is InChI=1S/C21H28ClN5O2.HI/c1-15-19(16(2)29-25-15)5-4-10-24-21(23-3)27-12-11-26(20(28)14-27)13-17-6-8-18(22)9-7-17;/h6-9H,4-5,10-14H2,1-3H3,(H,23,24);1H. The number of aliphatic imine (C=N–C) groups is 1. The summed E-state index contributed by atoms with van der Waals surface area (Å²) < 4.78 is 5.21. The zero-order chi connectivity index (χ0) is 20.8. The van der Waals surface area contributed by atoms with E-state index in [4.69, 9.17) is 16.1 Å². The van der Waals surface area contributed by atoms with Crippen LogP contribution in [0.5, 0.6) is 0 Å². The molecular formula is C21H29ClIN5O2. The number of hydrogen-bond acceptors (Lipinski definition) is 4. The molecule has 0 aliphatic carbocycles. The fraction of sp³-hybridized carbons (Fsp3) is 0.476. The van der Waals surface area contributed by atoms with Crippen LogP contribution in [0.25, 0.3) is 0 Å². The summed E-state index contributed by atoms with van der Waals surface area (Å²) in [5, 5.41) is 8.07. The lowest BCUT2D eigenvalue weighted by atomic mass is 10.1. The summed E-state index contributed by atoms with van der Waals surface area (Å²) >= 11 is 5.93. The fourth-order valence-electron chi connectivity index (χ4n) is 3.52. The highest BCUT2D eigenvalue weighted by molar-refractivity contribution is 14.0. The van der Waals surface area contributed by atoms with Crippen molar-refractivity contribution in [1.82, 2.24) is 20.3 Å². The second-order valence-corrected chi connectivity index (χ2v) is 7.68. The van der Waals surface area contributed by atoms with E-state index in [-0.39, 0.29) is 29.9 Å². The second-order valence-electron chi connectivity index (χ2n) is 7.24. The third kappa shape index (κ3) is 6.34. The molecular weight excluding hydrogens is 517 g/mol. The van der Waals surface area contributed by atoms with Crippen molar-refractivity contribution in [3.05, 3.63) is 51.9 Å². The van der Waals surface area contributed by atoms with Crippen LogP contribution in [-0.2, 0) is 17.8 Å². The molecule has 1 aromatic carbocycles. The number of hydrogen-bond donors (Lipinski definition) is 1. The molecule has 1 amide bonds. The van der Waals surface area contributed by atoms with Gasteiger partial charge in [0, 0.05) is 43.8 Å². The zero-order valence-corrected chi connectivity index (χ0v) is 20.7. The van der Waals surface area contributed by atoms with Crippen molar-refractivity contribution in [3.63, 3.8) is 0 Å². The Hall–Kier alpha value is -1.81. The Bertz CT molecular complexity index is 849. The molecule has 2 aromatic rings. The van der Waals surface area contributed by atoms with Gasteiger partial charge >= 0.3 is 0 Å². The summed E-state index contributed by atoms with van der Waals surface area (Å²) in [5.41, 5.74) is 3.21. The van der Waals surface area contributed by atoms with Crippen LogP contribution in [-0.4, -0.2) is 60.0 Å². The lowest BCUT2D eigenvalue weighted by Crippen LogP contribution is -2.55. The van der Waals surface area contributed by atoms with Gasteiger partial charge in [-0.25, -0.2) is 0 Å². The van der Waals surface area contributed by atoms with E-state index >= 15 is 0 Å². The van der Waals surface area contributed by atoms with Crippen LogP contribution in [0.1, 0.15) is 29.0 Å². The first-order valence-corrected chi connectivity index (χ1v) is 10.2. The quantitative estimate of drug-likeness (QED) is 0.261. The van der Waals surface area contributed by atoms with Gasteiger partial charge in [0.2, 0.25) is 5.91 Å². The number of guanidine groups is 1. The Balaban J connectivity index is 0.00000320. The van der Waals surface area contributed by atoms with Gasteiger partial charge in [-0.05, 0) is 44.4 Å². The van der Waals surface area contributed by atoms with Crippen LogP contribution in [0.15, 0.2) is 33.8 Å². The Morgan fingerprint density at radius 3 is 2.60 bits per heavy atom. The van der Waals surface area contributed by atoms with Crippen molar-refractivity contribution in [1.29, 1.82) is 0 Å². The lowest BCUT2D eigenvalue weighted by molar-refractivity contribution is -0.135. The molecule has 9 heteroatoms. The van der Waals surface area contributed by atoms with Crippen molar-refractivity contribution in [3.8, 4) is 0 Å². The average molecular weight is 546 g/mol. The number of halogens is 2. The molecule has 1 N–H and O–H groups in total. The first-order valence-electron chi connectivity index (χ1n) is 9.87. The minimum atomic E-state index is 0. The van der Waals surface area contributed by atoms with E-state index in [0.717, 1.165) is 48.9 Å². The molecule has 1 fully saturated rings. The van der Waals surface area contributed by atoms with Crippen molar-refractivity contribution in [2.45, 2.75) is 33.2 Å². The van der Waals surface area contributed by atoms with Gasteiger partial charge in [0.1, 0.15) is 5.76 Å². The molecule has 0 radical (unpaired) electrons. The maximum atomic E-state index is 12.6. The van der Waals surface area contributed by atoms with E-state index in [1.165, 1.54) is 5.56 Å². The fourth-order valence-corrected chi connectivity index (χ4v) is 3.65. The van der Waals surface area contributed by atoms with E-state index in [1.54, 1.807) is 7.05 Å². The first kappa shape index (κ1) is 24.5. The highest BCUT2D eigenvalue weighted by Gasteiger charge is 2.25. The third-order valence-electron chi connectivity index (χ3n) is 5.18. The van der Waals surface area contributed by atoms with E-state index in [0.29, 0.717) is 24.7 Å². The average Bonchev–Trinajstić information content (AvgIpc) is 3.03. The molecule has 1 aromatic heterocycles. The number of amides is 1. The number of piperazine rings is 1. The molecule has 0 saturated carbocycles. The Kier molecular flexibility index (Phi) is 9.41. The summed E-state index contributed by atoms with van der Waals surface area (Å²) in [6, 6.07) is 7.63. The van der Waals surface area contributed by atoms with Crippen LogP contribution in [0.4, 0.5) is 0 Å². The van der Waals surface area contributed by atoms with Crippen LogP contribution in [0, 0.1) is 13.8 Å². The monoisotopic (exact) mass is 545 g/mol. The highest BCUT2D eigenvalue weighted by Crippen LogP contribution is 2.15. The van der Waals surface area contributed by atoms with Crippen LogP contribution in [0.2, 0.25) is 5.02 Å². The molecule has 0 bridgehead atoms. The van der Waals surface area contributed by atoms with Crippen LogP contribution in [0.3, 0.4) is 0 Å². The van der Waals surface area contributed by atoms with E-state index in [1.807, 2.05) is 47.9 Å². The van der Waals surface area contributed by atoms with Crippen molar-refractivity contribution in [2.24, 2.45) is 4.99 Å². The highest BCUT2D eigenvalue weighted by atomic mass is 127. The minimum absolute atomic E-state index is 0. The van der Waals surface area contributed by atoms with E-state index in [9.17, 15) is 4.79 Å². The molecule has 1 aliphatic heterocycles. The van der Waals surface area contributed by atoms with Gasteiger partial charge in [0.25, 0.3) is 0 Å². The van der Waals surface area contributed by atoms with Gasteiger partial charge in [-0.1, -0.05) is 28.9 Å². The number of nitrogens with one attached hydrogen (secondary N) is 1. The molecule has 1 aliphatic rings. The van der Waals surface area contributed by atoms with Crippen LogP contribution >= 0.6 is 35.6 Å². The maximum Gasteiger partial charge on any atom is 0.242 e. The van der Waals surface area contributed by atoms with Crippen molar-refractivity contribution >= 4 is 47.4 Å². The van der Waals surface area contributed by atoms with Crippen LogP contribution < -0.4 is 5.32 Å². The van der Waals surface area contributed by atoms with E-state index < -0.39 is 0 Å². The van der Waals surface area contributed by atoms with Gasteiger partial charge in [0.15, 0.2) is 5.96 Å². The minimum Gasteiger partial charge on any atom is -0.361 e. The lowest BCUT2D eigenvalue weighted by Gasteiger charge is -2.36. The summed E-state index contributed by atoms with van der Waals surface area (Å²) in [6.07, 6.45) is 1.84. The number of aryl methyl sites for hydroxylation is 2. The summed E-state index contributed by atoms with van der Waals surface area (Å²) in [4.78, 5) is 20.9. The smallest absolute Gasteiger partial charge is 0.242 e. The second kappa shape index (κ2) is 11.5. The third-order valence-corrected chi connectivity index (χ3v) is 5.44. The van der Waals surface area contributed by atoms with Gasteiger partial charge in [0.05, 0.1) is 12.2 Å². The zero-order valence-electron chi connectivity index (χ0n) is 17.7. The number of benzene rings is 1. The predicted molar refractivity (Wildman–Crippen MR) is 130 cm³/mol. The van der Waals surface area contributed by atoms with Crippen molar-refractivity contribution in [2.75, 3.05) is 33.2 Å². The Morgan fingerprint density at radius 1 is 1.27 bits per heavy atom. The molecule has 0 unspecified atom stereocenters. The molecule has 0 spiro atoms. The normalized spacial score (nSPS) is 14.7. The molecule has 164 valence electrons.